The van der Waals surface area contributed by atoms with Crippen LogP contribution in [0.2, 0.25) is 0 Å². The van der Waals surface area contributed by atoms with Gasteiger partial charge in [-0.25, -0.2) is 14.3 Å². The molecule has 0 spiro atoms. The van der Waals surface area contributed by atoms with E-state index in [-0.39, 0.29) is 11.3 Å². The van der Waals surface area contributed by atoms with Gasteiger partial charge in [-0.15, -0.1) is 0 Å². The van der Waals surface area contributed by atoms with Crippen molar-refractivity contribution in [2.75, 3.05) is 5.32 Å². The lowest BCUT2D eigenvalue weighted by Crippen LogP contribution is -2.13. The number of benzene rings is 1. The van der Waals surface area contributed by atoms with Crippen LogP contribution in [0.5, 0.6) is 0 Å². The van der Waals surface area contributed by atoms with Crippen LogP contribution in [0.1, 0.15) is 18.2 Å². The number of pyridine rings is 1. The molecule has 0 unspecified atom stereocenters. The second-order valence-corrected chi connectivity index (χ2v) is 8.93. The quantitative estimate of drug-likeness (QED) is 0.190. The summed E-state index contributed by atoms with van der Waals surface area (Å²) in [5.41, 5.74) is 2.58. The largest absolute Gasteiger partial charge is 0.478 e. The third kappa shape index (κ3) is 6.82. The lowest BCUT2D eigenvalue weighted by atomic mass is 10.1. The van der Waals surface area contributed by atoms with E-state index >= 15 is 0 Å². The normalized spacial score (nSPS) is 12.6. The number of aliphatic carboxylic acids is 1. The molecular formula is C30H24F3N5O3. The first-order valence-corrected chi connectivity index (χ1v) is 12.2. The van der Waals surface area contributed by atoms with Crippen molar-refractivity contribution in [1.29, 1.82) is 0 Å². The molecule has 0 aliphatic rings. The number of carboxylic acid groups (broad SMARTS) is 1. The summed E-state index contributed by atoms with van der Waals surface area (Å²) in [6, 6.07) is 11.1. The summed E-state index contributed by atoms with van der Waals surface area (Å²) in [4.78, 5) is 31.8. The fraction of sp³-hybridized carbons (Fsp3) is 0.100. The molecular weight excluding hydrogens is 535 g/mol. The number of hydrogen-bond acceptors (Lipinski definition) is 5. The van der Waals surface area contributed by atoms with Gasteiger partial charge in [-0.05, 0) is 67.5 Å². The van der Waals surface area contributed by atoms with Crippen LogP contribution in [0.25, 0.3) is 28.2 Å². The van der Waals surface area contributed by atoms with Crippen LogP contribution in [0.15, 0.2) is 103 Å². The van der Waals surface area contributed by atoms with E-state index in [1.54, 1.807) is 43.5 Å². The number of allylic oxidation sites excluding steroid dienone is 5. The van der Waals surface area contributed by atoms with Crippen LogP contribution < -0.4 is 5.32 Å². The van der Waals surface area contributed by atoms with Gasteiger partial charge in [-0.2, -0.15) is 18.3 Å². The Labute approximate surface area is 232 Å². The number of carbonyl (C=O) groups is 2. The zero-order valence-corrected chi connectivity index (χ0v) is 22.0. The Morgan fingerprint density at radius 1 is 1.10 bits per heavy atom. The number of nitrogens with zero attached hydrogens (tertiary/aromatic N) is 4. The molecule has 0 atom stereocenters. The molecule has 0 fully saturated rings. The van der Waals surface area contributed by atoms with Crippen LogP contribution >= 0.6 is 0 Å². The van der Waals surface area contributed by atoms with Gasteiger partial charge in [0.25, 0.3) is 5.91 Å². The van der Waals surface area contributed by atoms with Gasteiger partial charge in [0.1, 0.15) is 0 Å². The zero-order chi connectivity index (χ0) is 29.7. The van der Waals surface area contributed by atoms with Crippen molar-refractivity contribution >= 4 is 23.2 Å². The summed E-state index contributed by atoms with van der Waals surface area (Å²) >= 11 is 0. The molecule has 1 aromatic carbocycles. The number of aryl methyl sites for hydroxylation is 1. The van der Waals surface area contributed by atoms with Crippen molar-refractivity contribution in [3.05, 3.63) is 114 Å². The van der Waals surface area contributed by atoms with Crippen LogP contribution in [0.3, 0.4) is 0 Å². The van der Waals surface area contributed by atoms with Gasteiger partial charge < -0.3 is 10.4 Å². The molecule has 208 valence electrons. The summed E-state index contributed by atoms with van der Waals surface area (Å²) < 4.78 is 41.8. The number of halogens is 3. The Bertz CT molecular complexity index is 1750. The van der Waals surface area contributed by atoms with E-state index in [9.17, 15) is 22.8 Å². The highest BCUT2D eigenvalue weighted by molar-refractivity contribution is 6.04. The number of carboxylic acids is 1. The van der Waals surface area contributed by atoms with E-state index in [4.69, 9.17) is 5.11 Å². The topological polar surface area (TPSA) is 109 Å². The van der Waals surface area contributed by atoms with Gasteiger partial charge in [-0.3, -0.25) is 9.78 Å². The van der Waals surface area contributed by atoms with Crippen molar-refractivity contribution in [2.45, 2.75) is 20.0 Å². The molecule has 0 aliphatic heterocycles. The molecule has 11 heteroatoms. The molecule has 4 aromatic rings. The van der Waals surface area contributed by atoms with Crippen LogP contribution in [0.4, 0.5) is 18.9 Å². The molecule has 0 radical (unpaired) electrons. The molecule has 4 rings (SSSR count). The molecule has 8 nitrogen and oxygen atoms in total. The number of alkyl halides is 3. The van der Waals surface area contributed by atoms with Crippen LogP contribution in [-0.2, 0) is 15.8 Å². The highest BCUT2D eigenvalue weighted by atomic mass is 19.4. The Morgan fingerprint density at radius 3 is 2.59 bits per heavy atom. The predicted octanol–water partition coefficient (Wildman–Crippen LogP) is 6.42. The highest BCUT2D eigenvalue weighted by Gasteiger charge is 2.35. The zero-order valence-electron chi connectivity index (χ0n) is 22.0. The first kappa shape index (κ1) is 28.7. The minimum atomic E-state index is -4.64. The Balaban J connectivity index is 1.62. The Hall–Kier alpha value is -5.32. The van der Waals surface area contributed by atoms with Gasteiger partial charge in [0.15, 0.2) is 11.3 Å². The number of amides is 1. The first-order chi connectivity index (χ1) is 19.5. The van der Waals surface area contributed by atoms with Crippen molar-refractivity contribution in [1.82, 2.24) is 19.6 Å². The molecule has 1 amide bonds. The van der Waals surface area contributed by atoms with Gasteiger partial charge in [0.2, 0.25) is 0 Å². The molecule has 0 saturated carbocycles. The van der Waals surface area contributed by atoms with Crippen LogP contribution in [0, 0.1) is 6.92 Å². The van der Waals surface area contributed by atoms with Gasteiger partial charge in [-0.1, -0.05) is 30.9 Å². The lowest BCUT2D eigenvalue weighted by molar-refractivity contribution is -0.140. The van der Waals surface area contributed by atoms with Crippen LogP contribution in [-0.4, -0.2) is 36.6 Å². The monoisotopic (exact) mass is 559 g/mol. The molecule has 3 aromatic heterocycles. The Kier molecular flexibility index (Phi) is 8.27. The number of aromatic nitrogens is 4. The maximum Gasteiger partial charge on any atom is 0.434 e. The third-order valence-corrected chi connectivity index (χ3v) is 5.92. The average molecular weight is 560 g/mol. The number of rotatable bonds is 8. The maximum atomic E-state index is 13.5. The van der Waals surface area contributed by atoms with E-state index in [0.29, 0.717) is 33.7 Å². The summed E-state index contributed by atoms with van der Waals surface area (Å²) in [7, 11) is 0. The van der Waals surface area contributed by atoms with Gasteiger partial charge in [0, 0.05) is 34.7 Å². The van der Waals surface area contributed by atoms with Gasteiger partial charge >= 0.3 is 12.1 Å². The number of imidazole rings is 1. The summed E-state index contributed by atoms with van der Waals surface area (Å²) in [5.74, 6) is -1.52. The summed E-state index contributed by atoms with van der Waals surface area (Å²) in [5, 5.41) is 16.1. The van der Waals surface area contributed by atoms with Crippen molar-refractivity contribution < 1.29 is 27.9 Å². The summed E-state index contributed by atoms with van der Waals surface area (Å²) in [6.45, 7) is 7.01. The molecule has 0 bridgehead atoms. The number of anilines is 1. The van der Waals surface area contributed by atoms with Crippen molar-refractivity contribution in [3.8, 4) is 22.5 Å². The van der Waals surface area contributed by atoms with E-state index in [0.717, 1.165) is 17.8 Å². The van der Waals surface area contributed by atoms with E-state index in [1.165, 1.54) is 40.9 Å². The predicted molar refractivity (Wildman–Crippen MR) is 149 cm³/mol. The van der Waals surface area contributed by atoms with Gasteiger partial charge in [0.05, 0.1) is 17.6 Å². The Morgan fingerprint density at radius 2 is 1.88 bits per heavy atom. The maximum absolute atomic E-state index is 13.5. The minimum absolute atomic E-state index is 0.0871. The van der Waals surface area contributed by atoms with E-state index in [2.05, 4.69) is 27.0 Å². The number of fused-ring (bicyclic) bond motifs is 1. The molecule has 41 heavy (non-hydrogen) atoms. The van der Waals surface area contributed by atoms with Crippen molar-refractivity contribution in [2.24, 2.45) is 0 Å². The molecule has 3 heterocycles. The summed E-state index contributed by atoms with van der Waals surface area (Å²) in [6.07, 6.45) is 4.94. The first-order valence-electron chi connectivity index (χ1n) is 12.2. The SMILES string of the molecule is C=C/C=C(/C=C\C(=O)O)\C=C(/C)C(=O)Nc1cc(-c2cn3nc(-c4cccnc4C(F)(F)F)ccc3n2)ccc1C. The second-order valence-electron chi connectivity index (χ2n) is 8.93. The standard InChI is InChI=1S/C30H24F3N5O3/c1-4-6-20(9-13-27(39)40)15-19(3)29(41)36-24-16-21(10-8-18(24)2)25-17-38-26(35-25)12-11-23(37-38)22-7-5-14-34-28(22)30(31,32)33/h4-17H,1H2,2-3H3,(H,36,41)(H,39,40)/b13-9-,19-15+,20-6-. The minimum Gasteiger partial charge on any atom is -0.478 e. The number of nitrogens with one attached hydrogen (secondary N) is 1. The third-order valence-electron chi connectivity index (χ3n) is 5.92. The number of carbonyl (C=O) groups excluding carboxylic acids is 1. The fourth-order valence-corrected chi connectivity index (χ4v) is 3.91. The fourth-order valence-electron chi connectivity index (χ4n) is 3.91. The van der Waals surface area contributed by atoms with E-state index in [1.807, 2.05) is 6.92 Å². The molecule has 0 saturated heterocycles. The lowest BCUT2D eigenvalue weighted by Gasteiger charge is -2.10. The molecule has 2 N–H and O–H groups in total. The average Bonchev–Trinajstić information content (AvgIpc) is 3.36. The second kappa shape index (κ2) is 11.8. The van der Waals surface area contributed by atoms with Crippen molar-refractivity contribution in [3.63, 3.8) is 0 Å². The molecule has 0 aliphatic carbocycles. The van der Waals surface area contributed by atoms with E-state index < -0.39 is 23.7 Å². The highest BCUT2D eigenvalue weighted by Crippen LogP contribution is 2.35. The smallest absolute Gasteiger partial charge is 0.434 e. The number of hydrogen-bond donors (Lipinski definition) is 2.